The van der Waals surface area contributed by atoms with Crippen LogP contribution in [0.3, 0.4) is 0 Å². The number of hydrogen-bond donors (Lipinski definition) is 1. The summed E-state index contributed by atoms with van der Waals surface area (Å²) >= 11 is 0. The van der Waals surface area contributed by atoms with E-state index in [2.05, 4.69) is 16.3 Å². The van der Waals surface area contributed by atoms with Crippen molar-refractivity contribution in [1.82, 2.24) is 4.90 Å². The lowest BCUT2D eigenvalue weighted by molar-refractivity contribution is 0.0342. The van der Waals surface area contributed by atoms with Crippen molar-refractivity contribution in [2.75, 3.05) is 31.6 Å². The van der Waals surface area contributed by atoms with Gasteiger partial charge in [-0.1, -0.05) is 42.5 Å². The van der Waals surface area contributed by atoms with Gasteiger partial charge in [-0.05, 0) is 52.7 Å². The van der Waals surface area contributed by atoms with Crippen molar-refractivity contribution in [3.63, 3.8) is 0 Å². The number of furan rings is 1. The zero-order valence-corrected chi connectivity index (χ0v) is 18.3. The Kier molecular flexibility index (Phi) is 6.37. The monoisotopic (exact) mass is 442 g/mol. The summed E-state index contributed by atoms with van der Waals surface area (Å²) in [5.41, 5.74) is 1.94. The van der Waals surface area contributed by atoms with Gasteiger partial charge in [-0.2, -0.15) is 0 Å². The van der Waals surface area contributed by atoms with Gasteiger partial charge >= 0.3 is 0 Å². The first-order chi connectivity index (χ1) is 16.2. The van der Waals surface area contributed by atoms with E-state index in [1.807, 2.05) is 60.7 Å². The van der Waals surface area contributed by atoms with Crippen LogP contribution in [0.5, 0.6) is 5.75 Å². The molecule has 0 saturated carbocycles. The minimum atomic E-state index is -0.284. The SMILES string of the molecule is O=C(Nc1ccc(CN2CCOCC2)cc1)c1ccc(COc2ccc3ccccc3c2)o1. The minimum absolute atomic E-state index is 0.252. The van der Waals surface area contributed by atoms with Gasteiger partial charge in [0.05, 0.1) is 13.2 Å². The molecule has 3 aromatic carbocycles. The number of carbonyl (C=O) groups is 1. The number of fused-ring (bicyclic) bond motifs is 1. The Morgan fingerprint density at radius 1 is 0.909 bits per heavy atom. The first-order valence-corrected chi connectivity index (χ1v) is 11.1. The van der Waals surface area contributed by atoms with Gasteiger partial charge < -0.3 is 19.2 Å². The lowest BCUT2D eigenvalue weighted by Crippen LogP contribution is -2.35. The quantitative estimate of drug-likeness (QED) is 0.432. The summed E-state index contributed by atoms with van der Waals surface area (Å²) in [5, 5.41) is 5.17. The van der Waals surface area contributed by atoms with Crippen molar-refractivity contribution >= 4 is 22.4 Å². The second-order valence-electron chi connectivity index (χ2n) is 8.10. The zero-order valence-electron chi connectivity index (χ0n) is 18.3. The van der Waals surface area contributed by atoms with Crippen LogP contribution in [0.15, 0.2) is 83.3 Å². The van der Waals surface area contributed by atoms with Gasteiger partial charge in [0.25, 0.3) is 5.91 Å². The third-order valence-electron chi connectivity index (χ3n) is 5.71. The first-order valence-electron chi connectivity index (χ1n) is 11.1. The van der Waals surface area contributed by atoms with Crippen LogP contribution in [0.1, 0.15) is 21.9 Å². The molecule has 0 radical (unpaired) electrons. The van der Waals surface area contributed by atoms with E-state index in [1.54, 1.807) is 12.1 Å². The van der Waals surface area contributed by atoms with Gasteiger partial charge in [-0.3, -0.25) is 9.69 Å². The van der Waals surface area contributed by atoms with Crippen LogP contribution in [-0.4, -0.2) is 37.1 Å². The van der Waals surface area contributed by atoms with E-state index in [1.165, 1.54) is 5.56 Å². The molecule has 0 spiro atoms. The predicted octanol–water partition coefficient (Wildman–Crippen LogP) is 5.10. The van der Waals surface area contributed by atoms with Crippen molar-refractivity contribution < 1.29 is 18.7 Å². The highest BCUT2D eigenvalue weighted by Gasteiger charge is 2.13. The summed E-state index contributed by atoms with van der Waals surface area (Å²) < 4.78 is 16.9. The van der Waals surface area contributed by atoms with Crippen LogP contribution in [0.2, 0.25) is 0 Å². The summed E-state index contributed by atoms with van der Waals surface area (Å²) in [6, 6.07) is 25.4. The fourth-order valence-electron chi connectivity index (χ4n) is 3.89. The van der Waals surface area contributed by atoms with Crippen LogP contribution >= 0.6 is 0 Å². The largest absolute Gasteiger partial charge is 0.486 e. The Hall–Kier alpha value is -3.61. The van der Waals surface area contributed by atoms with Gasteiger partial charge in [0.15, 0.2) is 5.76 Å². The highest BCUT2D eigenvalue weighted by molar-refractivity contribution is 6.02. The average molecular weight is 443 g/mol. The molecule has 1 N–H and O–H groups in total. The van der Waals surface area contributed by atoms with Crippen LogP contribution in [-0.2, 0) is 17.9 Å². The molecule has 5 rings (SSSR count). The molecule has 6 nitrogen and oxygen atoms in total. The Balaban J connectivity index is 1.15. The number of hydrogen-bond acceptors (Lipinski definition) is 5. The number of nitrogens with one attached hydrogen (secondary N) is 1. The summed E-state index contributed by atoms with van der Waals surface area (Å²) in [5.74, 6) is 1.32. The molecule has 4 aromatic rings. The second kappa shape index (κ2) is 9.90. The normalized spacial score (nSPS) is 14.3. The standard InChI is InChI=1S/C27H26N2O4/c30-27(28-23-8-5-20(6-9-23)18-29-13-15-31-16-14-29)26-12-11-25(33-26)19-32-24-10-7-21-3-1-2-4-22(21)17-24/h1-12,17H,13-16,18-19H2,(H,28,30). The van der Waals surface area contributed by atoms with E-state index in [4.69, 9.17) is 13.9 Å². The smallest absolute Gasteiger partial charge is 0.291 e. The first kappa shape index (κ1) is 21.2. The lowest BCUT2D eigenvalue weighted by Gasteiger charge is -2.26. The molecule has 1 amide bonds. The van der Waals surface area contributed by atoms with E-state index in [-0.39, 0.29) is 18.3 Å². The summed E-state index contributed by atoms with van der Waals surface area (Å²) in [6.45, 7) is 4.60. The van der Waals surface area contributed by atoms with Gasteiger partial charge in [0.1, 0.15) is 18.1 Å². The molecule has 0 unspecified atom stereocenters. The molecule has 1 saturated heterocycles. The van der Waals surface area contributed by atoms with Crippen molar-refractivity contribution in [3.05, 3.63) is 95.9 Å². The molecule has 0 atom stereocenters. The Morgan fingerprint density at radius 3 is 2.52 bits per heavy atom. The molecule has 2 heterocycles. The summed E-state index contributed by atoms with van der Waals surface area (Å²) in [7, 11) is 0. The molecule has 6 heteroatoms. The Bertz CT molecular complexity index is 1230. The fraction of sp³-hybridized carbons (Fsp3) is 0.222. The number of morpholine rings is 1. The van der Waals surface area contributed by atoms with E-state index < -0.39 is 0 Å². The van der Waals surface area contributed by atoms with Gasteiger partial charge in [-0.25, -0.2) is 0 Å². The van der Waals surface area contributed by atoms with Crippen molar-refractivity contribution in [3.8, 4) is 5.75 Å². The highest BCUT2D eigenvalue weighted by Crippen LogP contribution is 2.22. The fourth-order valence-corrected chi connectivity index (χ4v) is 3.89. The molecule has 168 valence electrons. The van der Waals surface area contributed by atoms with Crippen LogP contribution in [0.4, 0.5) is 5.69 Å². The third kappa shape index (κ3) is 5.42. The summed E-state index contributed by atoms with van der Waals surface area (Å²) in [4.78, 5) is 14.9. The van der Waals surface area contributed by atoms with Crippen LogP contribution < -0.4 is 10.1 Å². The maximum absolute atomic E-state index is 12.6. The number of amides is 1. The second-order valence-corrected chi connectivity index (χ2v) is 8.10. The maximum Gasteiger partial charge on any atom is 0.291 e. The molecule has 1 aliphatic heterocycles. The number of ether oxygens (including phenoxy) is 2. The Morgan fingerprint density at radius 2 is 1.70 bits per heavy atom. The van der Waals surface area contributed by atoms with Gasteiger partial charge in [0.2, 0.25) is 0 Å². The van der Waals surface area contributed by atoms with Crippen LogP contribution in [0.25, 0.3) is 10.8 Å². The molecular formula is C27H26N2O4. The van der Waals surface area contributed by atoms with Crippen LogP contribution in [0, 0.1) is 0 Å². The molecule has 1 aromatic heterocycles. The predicted molar refractivity (Wildman–Crippen MR) is 127 cm³/mol. The van der Waals surface area contributed by atoms with E-state index in [9.17, 15) is 4.79 Å². The Labute approximate surface area is 192 Å². The van der Waals surface area contributed by atoms with Crippen molar-refractivity contribution in [2.45, 2.75) is 13.2 Å². The van der Waals surface area contributed by atoms with Crippen molar-refractivity contribution in [1.29, 1.82) is 0 Å². The summed E-state index contributed by atoms with van der Waals surface area (Å²) in [6.07, 6.45) is 0. The zero-order chi connectivity index (χ0) is 22.5. The molecule has 0 bridgehead atoms. The van der Waals surface area contributed by atoms with E-state index in [0.717, 1.165) is 55.1 Å². The van der Waals surface area contributed by atoms with Gasteiger partial charge in [0, 0.05) is 25.3 Å². The minimum Gasteiger partial charge on any atom is -0.486 e. The third-order valence-corrected chi connectivity index (χ3v) is 5.71. The molecular weight excluding hydrogens is 416 g/mol. The molecule has 1 aliphatic rings. The topological polar surface area (TPSA) is 63.9 Å². The maximum atomic E-state index is 12.6. The highest BCUT2D eigenvalue weighted by atomic mass is 16.5. The number of nitrogens with zero attached hydrogens (tertiary/aromatic N) is 1. The molecule has 33 heavy (non-hydrogen) atoms. The van der Waals surface area contributed by atoms with E-state index in [0.29, 0.717) is 5.76 Å². The van der Waals surface area contributed by atoms with Crippen molar-refractivity contribution in [2.24, 2.45) is 0 Å². The average Bonchev–Trinajstić information content (AvgIpc) is 3.34. The number of anilines is 1. The lowest BCUT2D eigenvalue weighted by atomic mass is 10.1. The number of carbonyl (C=O) groups excluding carboxylic acids is 1. The number of benzene rings is 3. The molecule has 0 aliphatic carbocycles. The number of rotatable bonds is 7. The van der Waals surface area contributed by atoms with E-state index >= 15 is 0 Å². The molecule has 1 fully saturated rings. The van der Waals surface area contributed by atoms with Gasteiger partial charge in [-0.15, -0.1) is 0 Å².